The minimum Gasteiger partial charge on any atom is -0.476 e. The number of aromatic nitrogens is 2. The first-order valence-corrected chi connectivity index (χ1v) is 5.06. The Morgan fingerprint density at radius 2 is 1.95 bits per heavy atom. The summed E-state index contributed by atoms with van der Waals surface area (Å²) in [6, 6.07) is 8.23. The van der Waals surface area contributed by atoms with Crippen LogP contribution in [0.4, 0.5) is 5.69 Å². The van der Waals surface area contributed by atoms with Crippen LogP contribution in [0.25, 0.3) is 0 Å². The third kappa shape index (κ3) is 2.80. The summed E-state index contributed by atoms with van der Waals surface area (Å²) in [4.78, 5) is 20.8. The average molecular weight is 261 g/mol. The van der Waals surface area contributed by atoms with Crippen LogP contribution in [0.1, 0.15) is 10.5 Å². The summed E-state index contributed by atoms with van der Waals surface area (Å²) >= 11 is 0. The van der Waals surface area contributed by atoms with Crippen molar-refractivity contribution in [3.05, 3.63) is 52.2 Å². The van der Waals surface area contributed by atoms with Gasteiger partial charge in [0.2, 0.25) is 11.6 Å². The molecule has 2 rings (SSSR count). The zero-order chi connectivity index (χ0) is 13.8. The van der Waals surface area contributed by atoms with Crippen LogP contribution in [-0.4, -0.2) is 26.2 Å². The fourth-order valence-electron chi connectivity index (χ4n) is 1.30. The van der Waals surface area contributed by atoms with E-state index in [1.165, 1.54) is 30.3 Å². The molecule has 1 heterocycles. The molecule has 96 valence electrons. The van der Waals surface area contributed by atoms with Gasteiger partial charge in [-0.3, -0.25) is 10.1 Å². The molecular formula is C11H7N3O5. The molecule has 0 bridgehead atoms. The number of nitro groups is 1. The van der Waals surface area contributed by atoms with Gasteiger partial charge in [-0.1, -0.05) is 12.1 Å². The first-order chi connectivity index (χ1) is 9.08. The molecule has 0 unspecified atom stereocenters. The molecule has 0 saturated carbocycles. The van der Waals surface area contributed by atoms with E-state index in [1.807, 2.05) is 0 Å². The zero-order valence-corrected chi connectivity index (χ0v) is 9.39. The monoisotopic (exact) mass is 261 g/mol. The molecule has 0 aliphatic carbocycles. The van der Waals surface area contributed by atoms with Crippen molar-refractivity contribution >= 4 is 11.7 Å². The van der Waals surface area contributed by atoms with Crippen molar-refractivity contribution in [1.82, 2.24) is 10.2 Å². The van der Waals surface area contributed by atoms with Gasteiger partial charge in [-0.05, 0) is 12.1 Å². The van der Waals surface area contributed by atoms with Crippen LogP contribution >= 0.6 is 0 Å². The maximum Gasteiger partial charge on any atom is 0.356 e. The fraction of sp³-hybridized carbons (Fsp3) is 0. The average Bonchev–Trinajstić information content (AvgIpc) is 2.39. The lowest BCUT2D eigenvalue weighted by Crippen LogP contribution is -2.02. The largest absolute Gasteiger partial charge is 0.476 e. The van der Waals surface area contributed by atoms with Crippen LogP contribution < -0.4 is 4.74 Å². The summed E-state index contributed by atoms with van der Waals surface area (Å²) in [5, 5.41) is 26.3. The van der Waals surface area contributed by atoms with Gasteiger partial charge >= 0.3 is 11.7 Å². The predicted molar refractivity (Wildman–Crippen MR) is 62.2 cm³/mol. The maximum absolute atomic E-state index is 10.8. The van der Waals surface area contributed by atoms with Crippen LogP contribution in [0.5, 0.6) is 11.6 Å². The van der Waals surface area contributed by atoms with E-state index in [0.717, 1.165) is 0 Å². The Morgan fingerprint density at radius 1 is 1.21 bits per heavy atom. The highest BCUT2D eigenvalue weighted by molar-refractivity contribution is 5.84. The van der Waals surface area contributed by atoms with Crippen molar-refractivity contribution in [2.75, 3.05) is 0 Å². The lowest BCUT2D eigenvalue weighted by molar-refractivity contribution is -0.385. The van der Waals surface area contributed by atoms with Gasteiger partial charge in [-0.25, -0.2) is 4.79 Å². The lowest BCUT2D eigenvalue weighted by atomic mass is 10.3. The van der Waals surface area contributed by atoms with Crippen LogP contribution in [-0.2, 0) is 0 Å². The molecule has 1 aromatic heterocycles. The van der Waals surface area contributed by atoms with Crippen molar-refractivity contribution < 1.29 is 19.6 Å². The number of hydrogen-bond donors (Lipinski definition) is 1. The van der Waals surface area contributed by atoms with Crippen LogP contribution in [0, 0.1) is 10.1 Å². The van der Waals surface area contributed by atoms with E-state index in [2.05, 4.69) is 10.2 Å². The number of aromatic carboxylic acids is 1. The molecule has 0 saturated heterocycles. The molecule has 0 fully saturated rings. The van der Waals surface area contributed by atoms with Gasteiger partial charge in [-0.2, -0.15) is 0 Å². The second kappa shape index (κ2) is 5.08. The third-order valence-corrected chi connectivity index (χ3v) is 2.14. The molecule has 1 N–H and O–H groups in total. The van der Waals surface area contributed by atoms with Gasteiger partial charge in [0.1, 0.15) is 0 Å². The van der Waals surface area contributed by atoms with E-state index in [9.17, 15) is 14.9 Å². The highest BCUT2D eigenvalue weighted by atomic mass is 16.6. The molecule has 0 radical (unpaired) electrons. The molecule has 1 aromatic carbocycles. The van der Waals surface area contributed by atoms with E-state index >= 15 is 0 Å². The standard InChI is InChI=1S/C11H7N3O5/c15-11(16)7-5-6-10(13-12-7)19-9-4-2-1-3-8(9)14(17)18/h1-6H,(H,15,16). The number of hydrogen-bond acceptors (Lipinski definition) is 6. The number of rotatable bonds is 4. The highest BCUT2D eigenvalue weighted by Crippen LogP contribution is 2.29. The number of carboxylic acids is 1. The molecule has 0 atom stereocenters. The van der Waals surface area contributed by atoms with Crippen molar-refractivity contribution in [2.24, 2.45) is 0 Å². The molecule has 19 heavy (non-hydrogen) atoms. The van der Waals surface area contributed by atoms with Crippen LogP contribution in [0.2, 0.25) is 0 Å². The SMILES string of the molecule is O=C(O)c1ccc(Oc2ccccc2[N+](=O)[O-])nn1. The molecule has 0 aliphatic rings. The summed E-state index contributed by atoms with van der Waals surface area (Å²) in [7, 11) is 0. The van der Waals surface area contributed by atoms with Gasteiger partial charge in [-0.15, -0.1) is 10.2 Å². The topological polar surface area (TPSA) is 115 Å². The number of carboxylic acid groups (broad SMARTS) is 1. The second-order valence-electron chi connectivity index (χ2n) is 3.39. The van der Waals surface area contributed by atoms with Crippen molar-refractivity contribution in [3.8, 4) is 11.6 Å². The van der Waals surface area contributed by atoms with E-state index in [0.29, 0.717) is 0 Å². The minimum atomic E-state index is -1.22. The Balaban J connectivity index is 2.26. The first-order valence-electron chi connectivity index (χ1n) is 5.06. The predicted octanol–water partition coefficient (Wildman–Crippen LogP) is 1.88. The molecular weight excluding hydrogens is 254 g/mol. The quantitative estimate of drug-likeness (QED) is 0.659. The molecule has 0 amide bonds. The summed E-state index contributed by atoms with van der Waals surface area (Å²) in [6.07, 6.45) is 0. The Labute approximate surface area is 106 Å². The Kier molecular flexibility index (Phi) is 3.33. The summed E-state index contributed by atoms with van der Waals surface area (Å²) in [5.41, 5.74) is -0.457. The Bertz CT molecular complexity index is 626. The number of nitrogens with zero attached hydrogens (tertiary/aromatic N) is 3. The van der Waals surface area contributed by atoms with Crippen LogP contribution in [0.15, 0.2) is 36.4 Å². The molecule has 0 spiro atoms. The van der Waals surface area contributed by atoms with E-state index < -0.39 is 10.9 Å². The van der Waals surface area contributed by atoms with Gasteiger partial charge in [0.25, 0.3) is 0 Å². The van der Waals surface area contributed by atoms with E-state index in [-0.39, 0.29) is 23.0 Å². The highest BCUT2D eigenvalue weighted by Gasteiger charge is 2.15. The fourth-order valence-corrected chi connectivity index (χ4v) is 1.30. The number of benzene rings is 1. The number of carbonyl (C=O) groups is 1. The summed E-state index contributed by atoms with van der Waals surface area (Å²) < 4.78 is 5.20. The molecule has 8 nitrogen and oxygen atoms in total. The first kappa shape index (κ1) is 12.4. The van der Waals surface area contributed by atoms with E-state index in [4.69, 9.17) is 9.84 Å². The van der Waals surface area contributed by atoms with E-state index in [1.54, 1.807) is 6.07 Å². The Hall–Kier alpha value is -3.03. The minimum absolute atomic E-state index is 0.00451. The van der Waals surface area contributed by atoms with Crippen molar-refractivity contribution in [3.63, 3.8) is 0 Å². The number of ether oxygens (including phenoxy) is 1. The molecule has 2 aromatic rings. The summed E-state index contributed by atoms with van der Waals surface area (Å²) in [6.45, 7) is 0. The zero-order valence-electron chi connectivity index (χ0n) is 9.39. The molecule has 8 heteroatoms. The number of para-hydroxylation sites is 2. The maximum atomic E-state index is 10.8. The smallest absolute Gasteiger partial charge is 0.356 e. The molecule has 0 aliphatic heterocycles. The van der Waals surface area contributed by atoms with Crippen molar-refractivity contribution in [1.29, 1.82) is 0 Å². The van der Waals surface area contributed by atoms with Crippen molar-refractivity contribution in [2.45, 2.75) is 0 Å². The summed E-state index contributed by atoms with van der Waals surface area (Å²) in [5.74, 6) is -1.24. The van der Waals surface area contributed by atoms with Gasteiger partial charge in [0.15, 0.2) is 5.69 Å². The Morgan fingerprint density at radius 3 is 2.53 bits per heavy atom. The third-order valence-electron chi connectivity index (χ3n) is 2.14. The number of nitro benzene ring substituents is 1. The van der Waals surface area contributed by atoms with Gasteiger partial charge in [0, 0.05) is 12.1 Å². The lowest BCUT2D eigenvalue weighted by Gasteiger charge is -2.04. The normalized spacial score (nSPS) is 9.89. The van der Waals surface area contributed by atoms with Gasteiger partial charge < -0.3 is 9.84 Å². The van der Waals surface area contributed by atoms with Crippen LogP contribution in [0.3, 0.4) is 0 Å². The van der Waals surface area contributed by atoms with Gasteiger partial charge in [0.05, 0.1) is 4.92 Å². The second-order valence-corrected chi connectivity index (χ2v) is 3.39.